The van der Waals surface area contributed by atoms with Gasteiger partial charge in [-0.2, -0.15) is 0 Å². The van der Waals surface area contributed by atoms with Crippen LogP contribution in [-0.4, -0.2) is 18.3 Å². The molecular formula is C18H19NO3. The van der Waals surface area contributed by atoms with E-state index >= 15 is 0 Å². The third-order valence-electron chi connectivity index (χ3n) is 3.62. The Balaban J connectivity index is 1.75. The summed E-state index contributed by atoms with van der Waals surface area (Å²) in [5, 5.41) is 0. The van der Waals surface area contributed by atoms with E-state index in [9.17, 15) is 4.79 Å². The number of hydrogen-bond donors (Lipinski definition) is 0. The quantitative estimate of drug-likeness (QED) is 0.821. The van der Waals surface area contributed by atoms with E-state index in [1.54, 1.807) is 19.5 Å². The Bertz CT molecular complexity index is 709. The van der Waals surface area contributed by atoms with Crippen LogP contribution in [0.25, 0.3) is 12.3 Å². The number of hydrogen-bond acceptors (Lipinski definition) is 3. The van der Waals surface area contributed by atoms with Crippen LogP contribution in [0.1, 0.15) is 18.4 Å². The van der Waals surface area contributed by atoms with Crippen molar-refractivity contribution in [3.05, 3.63) is 58.5 Å². The van der Waals surface area contributed by atoms with Gasteiger partial charge in [0.1, 0.15) is 0 Å². The van der Waals surface area contributed by atoms with Crippen LogP contribution in [0.5, 0.6) is 11.5 Å². The van der Waals surface area contributed by atoms with Crippen LogP contribution in [0.15, 0.2) is 47.5 Å². The Morgan fingerprint density at radius 1 is 1.18 bits per heavy atom. The van der Waals surface area contributed by atoms with Gasteiger partial charge in [0.25, 0.3) is 0 Å². The van der Waals surface area contributed by atoms with Gasteiger partial charge in [-0.15, -0.1) is 0 Å². The molecule has 2 aromatic rings. The van der Waals surface area contributed by atoms with E-state index in [1.807, 2.05) is 35.0 Å². The van der Waals surface area contributed by atoms with E-state index in [0.29, 0.717) is 5.92 Å². The molecule has 0 amide bonds. The maximum atomic E-state index is 11.1. The molecule has 0 aliphatic heterocycles. The molecule has 1 aromatic heterocycles. The van der Waals surface area contributed by atoms with Crippen molar-refractivity contribution in [2.24, 2.45) is 5.92 Å². The molecule has 1 heterocycles. The Labute approximate surface area is 129 Å². The number of nitrogens with zero attached hydrogens (tertiary/aromatic N) is 1. The van der Waals surface area contributed by atoms with Crippen LogP contribution in [0, 0.1) is 5.92 Å². The molecule has 0 spiro atoms. The number of rotatable bonds is 6. The van der Waals surface area contributed by atoms with E-state index in [-0.39, 0.29) is 5.43 Å². The van der Waals surface area contributed by atoms with Gasteiger partial charge in [-0.25, -0.2) is 0 Å². The summed E-state index contributed by atoms with van der Waals surface area (Å²) >= 11 is 0. The van der Waals surface area contributed by atoms with Crippen molar-refractivity contribution in [2.45, 2.75) is 12.8 Å². The second kappa shape index (κ2) is 6.52. The third kappa shape index (κ3) is 3.79. The summed E-state index contributed by atoms with van der Waals surface area (Å²) in [6.45, 7) is 0.753. The lowest BCUT2D eigenvalue weighted by Crippen LogP contribution is -2.01. The van der Waals surface area contributed by atoms with Crippen LogP contribution >= 0.6 is 0 Å². The molecule has 0 radical (unpaired) electrons. The molecule has 0 bridgehead atoms. The van der Waals surface area contributed by atoms with Crippen molar-refractivity contribution in [3.63, 3.8) is 0 Å². The minimum Gasteiger partial charge on any atom is -0.493 e. The molecule has 0 saturated heterocycles. The summed E-state index contributed by atoms with van der Waals surface area (Å²) in [6.07, 6.45) is 9.84. The second-order valence-electron chi connectivity index (χ2n) is 5.46. The van der Waals surface area contributed by atoms with Gasteiger partial charge in [0.05, 0.1) is 13.7 Å². The van der Waals surface area contributed by atoms with Gasteiger partial charge in [-0.1, -0.05) is 6.07 Å². The molecule has 1 saturated carbocycles. The zero-order valence-corrected chi connectivity index (χ0v) is 12.6. The van der Waals surface area contributed by atoms with Crippen LogP contribution < -0.4 is 14.9 Å². The fourth-order valence-electron chi connectivity index (χ4n) is 2.10. The average molecular weight is 297 g/mol. The van der Waals surface area contributed by atoms with E-state index in [2.05, 4.69) is 0 Å². The fourth-order valence-corrected chi connectivity index (χ4v) is 2.10. The Hall–Kier alpha value is -2.49. The molecule has 4 nitrogen and oxygen atoms in total. The monoisotopic (exact) mass is 297 g/mol. The molecule has 1 aromatic carbocycles. The molecular weight excluding hydrogens is 278 g/mol. The summed E-state index contributed by atoms with van der Waals surface area (Å²) in [5.41, 5.74) is 1.02. The highest BCUT2D eigenvalue weighted by molar-refractivity contribution is 5.63. The van der Waals surface area contributed by atoms with Crippen LogP contribution in [0.4, 0.5) is 0 Å². The summed E-state index contributed by atoms with van der Waals surface area (Å²) in [6, 6.07) is 8.92. The first-order valence-corrected chi connectivity index (χ1v) is 7.41. The molecule has 114 valence electrons. The van der Waals surface area contributed by atoms with Gasteiger partial charge in [-0.05, 0) is 42.5 Å². The normalized spacial score (nSPS) is 14.2. The molecule has 22 heavy (non-hydrogen) atoms. The van der Waals surface area contributed by atoms with E-state index in [1.165, 1.54) is 25.0 Å². The topological polar surface area (TPSA) is 40.5 Å². The van der Waals surface area contributed by atoms with Crippen molar-refractivity contribution < 1.29 is 9.47 Å². The van der Waals surface area contributed by atoms with Crippen LogP contribution in [-0.2, 0) is 0 Å². The highest BCUT2D eigenvalue weighted by Gasteiger charge is 2.22. The van der Waals surface area contributed by atoms with Crippen molar-refractivity contribution >= 4 is 12.3 Å². The first-order valence-electron chi connectivity index (χ1n) is 7.41. The van der Waals surface area contributed by atoms with E-state index in [4.69, 9.17) is 9.47 Å². The lowest BCUT2D eigenvalue weighted by atomic mass is 10.2. The maximum Gasteiger partial charge on any atom is 0.181 e. The zero-order chi connectivity index (χ0) is 15.4. The molecule has 3 rings (SSSR count). The second-order valence-corrected chi connectivity index (χ2v) is 5.46. The number of ether oxygens (including phenoxy) is 2. The molecule has 1 fully saturated rings. The summed E-state index contributed by atoms with van der Waals surface area (Å²) in [5.74, 6) is 2.22. The summed E-state index contributed by atoms with van der Waals surface area (Å²) in [7, 11) is 1.65. The van der Waals surface area contributed by atoms with Gasteiger partial charge in [0.2, 0.25) is 0 Å². The first-order chi connectivity index (χ1) is 10.7. The lowest BCUT2D eigenvalue weighted by molar-refractivity contribution is 0.280. The highest BCUT2D eigenvalue weighted by atomic mass is 16.5. The number of aromatic nitrogens is 1. The first kappa shape index (κ1) is 14.4. The fraction of sp³-hybridized carbons (Fsp3) is 0.278. The maximum absolute atomic E-state index is 11.1. The van der Waals surface area contributed by atoms with Gasteiger partial charge in [-0.3, -0.25) is 4.79 Å². The van der Waals surface area contributed by atoms with Gasteiger partial charge in [0.15, 0.2) is 16.9 Å². The van der Waals surface area contributed by atoms with E-state index in [0.717, 1.165) is 23.7 Å². The van der Waals surface area contributed by atoms with E-state index < -0.39 is 0 Å². The Morgan fingerprint density at radius 3 is 2.64 bits per heavy atom. The standard InChI is InChI=1S/C18H19NO3/c1-21-17-5-4-14(12-18(17)22-13-15-2-3-15)6-9-19-10-7-16(20)8-11-19/h4-12,15H,2-3,13H2,1H3. The number of pyridine rings is 1. The Kier molecular flexibility index (Phi) is 4.28. The minimum absolute atomic E-state index is 0.00450. The molecule has 0 atom stereocenters. The Morgan fingerprint density at radius 2 is 1.95 bits per heavy atom. The highest BCUT2D eigenvalue weighted by Crippen LogP contribution is 2.33. The number of benzene rings is 1. The van der Waals surface area contributed by atoms with Crippen molar-refractivity contribution in [1.29, 1.82) is 0 Å². The SMILES string of the molecule is COc1ccc(C=Cn2ccc(=O)cc2)cc1OCC1CC1. The predicted molar refractivity (Wildman–Crippen MR) is 87.1 cm³/mol. The predicted octanol–water partition coefficient (Wildman–Crippen LogP) is 3.27. The van der Waals surface area contributed by atoms with Crippen molar-refractivity contribution in [3.8, 4) is 11.5 Å². The largest absolute Gasteiger partial charge is 0.493 e. The molecule has 4 heteroatoms. The van der Waals surface area contributed by atoms with Crippen LogP contribution in [0.3, 0.4) is 0 Å². The number of methoxy groups -OCH3 is 1. The lowest BCUT2D eigenvalue weighted by Gasteiger charge is -2.11. The average Bonchev–Trinajstić information content (AvgIpc) is 3.37. The molecule has 0 N–H and O–H groups in total. The van der Waals surface area contributed by atoms with Gasteiger partial charge < -0.3 is 14.0 Å². The summed E-state index contributed by atoms with van der Waals surface area (Å²) in [4.78, 5) is 11.1. The molecule has 1 aliphatic rings. The summed E-state index contributed by atoms with van der Waals surface area (Å²) < 4.78 is 13.0. The van der Waals surface area contributed by atoms with Crippen molar-refractivity contribution in [2.75, 3.05) is 13.7 Å². The minimum atomic E-state index is 0.00450. The molecule has 0 unspecified atom stereocenters. The smallest absolute Gasteiger partial charge is 0.181 e. The van der Waals surface area contributed by atoms with Crippen molar-refractivity contribution in [1.82, 2.24) is 4.57 Å². The molecule has 1 aliphatic carbocycles. The van der Waals surface area contributed by atoms with Gasteiger partial charge in [0, 0.05) is 30.7 Å². The zero-order valence-electron chi connectivity index (χ0n) is 12.6. The van der Waals surface area contributed by atoms with Crippen LogP contribution in [0.2, 0.25) is 0 Å². The third-order valence-corrected chi connectivity index (χ3v) is 3.62. The van der Waals surface area contributed by atoms with Gasteiger partial charge >= 0.3 is 0 Å².